The molecule has 0 unspecified atom stereocenters. The van der Waals surface area contributed by atoms with Gasteiger partial charge in [-0.3, -0.25) is 0 Å². The van der Waals surface area contributed by atoms with Crippen LogP contribution in [-0.2, 0) is 12.8 Å². The zero-order valence-electron chi connectivity index (χ0n) is 12.3. The first-order valence-corrected chi connectivity index (χ1v) is 7.44. The molecule has 0 aliphatic carbocycles. The van der Waals surface area contributed by atoms with Crippen molar-refractivity contribution in [1.29, 1.82) is 0 Å². The molecule has 0 aliphatic heterocycles. The highest BCUT2D eigenvalue weighted by molar-refractivity contribution is 5.22. The standard InChI is InChI=1S/C17H29N/c1-15(2)14-17-11-9-16(10-12-17)8-6-4-5-7-13-18-3/h9-12,15,18H,4-8,13-14H2,1-3H3. The van der Waals surface area contributed by atoms with E-state index >= 15 is 0 Å². The summed E-state index contributed by atoms with van der Waals surface area (Å²) in [5, 5.41) is 3.20. The largest absolute Gasteiger partial charge is 0.320 e. The van der Waals surface area contributed by atoms with E-state index in [4.69, 9.17) is 0 Å². The van der Waals surface area contributed by atoms with Gasteiger partial charge in [-0.25, -0.2) is 0 Å². The van der Waals surface area contributed by atoms with E-state index in [9.17, 15) is 0 Å². The van der Waals surface area contributed by atoms with E-state index in [1.807, 2.05) is 7.05 Å². The molecule has 0 radical (unpaired) electrons. The predicted octanol–water partition coefficient (Wildman–Crippen LogP) is 4.21. The van der Waals surface area contributed by atoms with E-state index in [0.717, 1.165) is 12.5 Å². The second kappa shape index (κ2) is 9.16. The molecular weight excluding hydrogens is 218 g/mol. The number of aryl methyl sites for hydroxylation is 1. The summed E-state index contributed by atoms with van der Waals surface area (Å²) in [6, 6.07) is 9.23. The summed E-state index contributed by atoms with van der Waals surface area (Å²) in [5.74, 6) is 0.753. The molecule has 0 aromatic heterocycles. The van der Waals surface area contributed by atoms with Gasteiger partial charge in [0.2, 0.25) is 0 Å². The lowest BCUT2D eigenvalue weighted by Gasteiger charge is -2.06. The Hall–Kier alpha value is -0.820. The van der Waals surface area contributed by atoms with Crippen LogP contribution in [0.3, 0.4) is 0 Å². The first-order valence-electron chi connectivity index (χ1n) is 7.44. The maximum atomic E-state index is 3.20. The second-order valence-corrected chi connectivity index (χ2v) is 5.68. The van der Waals surface area contributed by atoms with Crippen LogP contribution < -0.4 is 5.32 Å². The Morgan fingerprint density at radius 2 is 1.50 bits per heavy atom. The van der Waals surface area contributed by atoms with Gasteiger partial charge in [0, 0.05) is 0 Å². The molecule has 1 heteroatoms. The van der Waals surface area contributed by atoms with Crippen LogP contribution in [0.25, 0.3) is 0 Å². The van der Waals surface area contributed by atoms with Crippen molar-refractivity contribution in [2.45, 2.75) is 52.4 Å². The van der Waals surface area contributed by atoms with Gasteiger partial charge >= 0.3 is 0 Å². The zero-order valence-corrected chi connectivity index (χ0v) is 12.3. The van der Waals surface area contributed by atoms with Gasteiger partial charge in [-0.1, -0.05) is 51.0 Å². The van der Waals surface area contributed by atoms with Crippen molar-refractivity contribution in [3.63, 3.8) is 0 Å². The SMILES string of the molecule is CNCCCCCCc1ccc(CC(C)C)cc1. The molecule has 0 atom stereocenters. The molecule has 1 rings (SSSR count). The molecule has 0 bridgehead atoms. The molecule has 0 aliphatic rings. The minimum absolute atomic E-state index is 0.753. The Morgan fingerprint density at radius 1 is 0.889 bits per heavy atom. The fourth-order valence-electron chi connectivity index (χ4n) is 2.30. The van der Waals surface area contributed by atoms with Crippen LogP contribution in [-0.4, -0.2) is 13.6 Å². The first-order chi connectivity index (χ1) is 8.72. The Bertz CT molecular complexity index is 300. The molecule has 1 N–H and O–H groups in total. The lowest BCUT2D eigenvalue weighted by molar-refractivity contribution is 0.616. The van der Waals surface area contributed by atoms with E-state index in [1.165, 1.54) is 49.7 Å². The van der Waals surface area contributed by atoms with Crippen molar-refractivity contribution < 1.29 is 0 Å². The minimum Gasteiger partial charge on any atom is -0.320 e. The molecule has 0 amide bonds. The third-order valence-corrected chi connectivity index (χ3v) is 3.31. The number of hydrogen-bond donors (Lipinski definition) is 1. The molecule has 0 fully saturated rings. The quantitative estimate of drug-likeness (QED) is 0.645. The number of nitrogens with one attached hydrogen (secondary N) is 1. The van der Waals surface area contributed by atoms with Crippen LogP contribution >= 0.6 is 0 Å². The molecule has 0 saturated carbocycles. The highest BCUT2D eigenvalue weighted by Crippen LogP contribution is 2.12. The normalized spacial score (nSPS) is 11.1. The Kier molecular flexibility index (Phi) is 7.75. The highest BCUT2D eigenvalue weighted by atomic mass is 14.8. The summed E-state index contributed by atoms with van der Waals surface area (Å²) in [6.07, 6.45) is 7.78. The number of benzene rings is 1. The average molecular weight is 247 g/mol. The summed E-state index contributed by atoms with van der Waals surface area (Å²) >= 11 is 0. The fraction of sp³-hybridized carbons (Fsp3) is 0.647. The summed E-state index contributed by atoms with van der Waals surface area (Å²) in [4.78, 5) is 0. The molecule has 0 saturated heterocycles. The molecule has 1 nitrogen and oxygen atoms in total. The highest BCUT2D eigenvalue weighted by Gasteiger charge is 1.98. The maximum Gasteiger partial charge on any atom is -0.00519 e. The molecule has 1 aromatic rings. The number of hydrogen-bond acceptors (Lipinski definition) is 1. The van der Waals surface area contributed by atoms with Crippen LogP contribution in [0.1, 0.15) is 50.7 Å². The predicted molar refractivity (Wildman–Crippen MR) is 81.1 cm³/mol. The van der Waals surface area contributed by atoms with Gasteiger partial charge in [0.15, 0.2) is 0 Å². The van der Waals surface area contributed by atoms with Crippen LogP contribution in [0, 0.1) is 5.92 Å². The number of rotatable bonds is 9. The third-order valence-electron chi connectivity index (χ3n) is 3.31. The molecule has 0 spiro atoms. The summed E-state index contributed by atoms with van der Waals surface area (Å²) in [5.41, 5.74) is 2.97. The van der Waals surface area contributed by atoms with Crippen molar-refractivity contribution in [3.05, 3.63) is 35.4 Å². The van der Waals surface area contributed by atoms with E-state index in [-0.39, 0.29) is 0 Å². The van der Waals surface area contributed by atoms with Gasteiger partial charge in [0.25, 0.3) is 0 Å². The van der Waals surface area contributed by atoms with Gasteiger partial charge < -0.3 is 5.32 Å². The van der Waals surface area contributed by atoms with Crippen molar-refractivity contribution in [1.82, 2.24) is 5.32 Å². The molecule has 0 heterocycles. The van der Waals surface area contributed by atoms with Crippen molar-refractivity contribution in [3.8, 4) is 0 Å². The first kappa shape index (κ1) is 15.2. The lowest BCUT2D eigenvalue weighted by Crippen LogP contribution is -2.06. The van der Waals surface area contributed by atoms with E-state index in [2.05, 4.69) is 43.4 Å². The van der Waals surface area contributed by atoms with Crippen LogP contribution in [0.5, 0.6) is 0 Å². The lowest BCUT2D eigenvalue weighted by atomic mass is 10.00. The Morgan fingerprint density at radius 3 is 2.11 bits per heavy atom. The van der Waals surface area contributed by atoms with Crippen molar-refractivity contribution in [2.24, 2.45) is 5.92 Å². The van der Waals surface area contributed by atoms with Gasteiger partial charge in [-0.15, -0.1) is 0 Å². The van der Waals surface area contributed by atoms with Crippen molar-refractivity contribution >= 4 is 0 Å². The summed E-state index contributed by atoms with van der Waals surface area (Å²) < 4.78 is 0. The van der Waals surface area contributed by atoms with E-state index < -0.39 is 0 Å². The van der Waals surface area contributed by atoms with Crippen LogP contribution in [0.15, 0.2) is 24.3 Å². The van der Waals surface area contributed by atoms with Gasteiger partial charge in [0.1, 0.15) is 0 Å². The maximum absolute atomic E-state index is 3.20. The van der Waals surface area contributed by atoms with E-state index in [0.29, 0.717) is 0 Å². The Balaban J connectivity index is 2.18. The van der Waals surface area contributed by atoms with Crippen molar-refractivity contribution in [2.75, 3.05) is 13.6 Å². The van der Waals surface area contributed by atoms with E-state index in [1.54, 1.807) is 0 Å². The zero-order chi connectivity index (χ0) is 13.2. The molecule has 102 valence electrons. The van der Waals surface area contributed by atoms with Crippen LogP contribution in [0.4, 0.5) is 0 Å². The molecule has 1 aromatic carbocycles. The van der Waals surface area contributed by atoms with Gasteiger partial charge in [0.05, 0.1) is 0 Å². The summed E-state index contributed by atoms with van der Waals surface area (Å²) in [7, 11) is 2.03. The topological polar surface area (TPSA) is 12.0 Å². The third kappa shape index (κ3) is 6.80. The molecular formula is C17H29N. The second-order valence-electron chi connectivity index (χ2n) is 5.68. The monoisotopic (exact) mass is 247 g/mol. The average Bonchev–Trinajstić information content (AvgIpc) is 2.35. The van der Waals surface area contributed by atoms with Crippen LogP contribution in [0.2, 0.25) is 0 Å². The fourth-order valence-corrected chi connectivity index (χ4v) is 2.30. The number of unbranched alkanes of at least 4 members (excludes halogenated alkanes) is 3. The molecule has 18 heavy (non-hydrogen) atoms. The Labute approximate surface area is 113 Å². The summed E-state index contributed by atoms with van der Waals surface area (Å²) in [6.45, 7) is 5.71. The minimum atomic E-state index is 0.753. The van der Waals surface area contributed by atoms with Gasteiger partial charge in [-0.05, 0) is 56.3 Å². The smallest absolute Gasteiger partial charge is 0.00519 e. The van der Waals surface area contributed by atoms with Gasteiger partial charge in [-0.2, -0.15) is 0 Å².